The van der Waals surface area contributed by atoms with Gasteiger partial charge in [-0.25, -0.2) is 0 Å². The Bertz CT molecular complexity index is 402. The van der Waals surface area contributed by atoms with E-state index in [1.54, 1.807) is 26.5 Å². The number of pyridine rings is 1. The van der Waals surface area contributed by atoms with Crippen molar-refractivity contribution in [1.29, 1.82) is 0 Å². The Morgan fingerprint density at radius 3 is 2.45 bits per heavy atom. The summed E-state index contributed by atoms with van der Waals surface area (Å²) in [7, 11) is 3.38. The van der Waals surface area contributed by atoms with Gasteiger partial charge in [0.2, 0.25) is 6.41 Å². The Kier molecular flexibility index (Phi) is 6.84. The highest BCUT2D eigenvalue weighted by Crippen LogP contribution is 2.29. The van der Waals surface area contributed by atoms with Crippen LogP contribution in [0.5, 0.6) is 5.75 Å². The highest BCUT2D eigenvalue weighted by Gasteiger charge is 2.19. The smallest absolute Gasteiger partial charge is 0.209 e. The van der Waals surface area contributed by atoms with Crippen LogP contribution in [0.3, 0.4) is 0 Å². The van der Waals surface area contributed by atoms with Gasteiger partial charge in [0.15, 0.2) is 0 Å². The minimum Gasteiger partial charge on any atom is -0.488 e. The monoisotopic (exact) mass is 279 g/mol. The van der Waals surface area contributed by atoms with Gasteiger partial charge in [-0.05, 0) is 31.6 Å². The second kappa shape index (κ2) is 8.40. The second-order valence-corrected chi connectivity index (χ2v) is 5.48. The zero-order valence-electron chi connectivity index (χ0n) is 12.6. The molecule has 1 saturated carbocycles. The first-order chi connectivity index (χ1) is 9.52. The summed E-state index contributed by atoms with van der Waals surface area (Å²) in [6, 6.07) is 1.84. The van der Waals surface area contributed by atoms with Crippen molar-refractivity contribution in [2.45, 2.75) is 38.7 Å². The van der Waals surface area contributed by atoms with Gasteiger partial charge in [-0.1, -0.05) is 6.92 Å². The van der Waals surface area contributed by atoms with E-state index in [0.29, 0.717) is 11.8 Å². The van der Waals surface area contributed by atoms with Crippen LogP contribution in [0.4, 0.5) is 5.69 Å². The van der Waals surface area contributed by atoms with E-state index in [4.69, 9.17) is 10.5 Å². The van der Waals surface area contributed by atoms with E-state index in [-0.39, 0.29) is 0 Å². The highest BCUT2D eigenvalue weighted by atomic mass is 16.5. The summed E-state index contributed by atoms with van der Waals surface area (Å²) < 4.78 is 5.87. The van der Waals surface area contributed by atoms with Gasteiger partial charge in [0.25, 0.3) is 0 Å². The molecule has 0 bridgehead atoms. The molecule has 0 spiro atoms. The summed E-state index contributed by atoms with van der Waals surface area (Å²) >= 11 is 0. The number of carbonyl (C=O) groups is 1. The molecule has 1 aliphatic carbocycles. The molecule has 1 amide bonds. The molecule has 0 radical (unpaired) electrons. The second-order valence-electron chi connectivity index (χ2n) is 5.48. The molecule has 1 fully saturated rings. The molecule has 2 rings (SSSR count). The molecule has 0 unspecified atom stereocenters. The van der Waals surface area contributed by atoms with Crippen LogP contribution in [0.1, 0.15) is 32.6 Å². The number of nitrogens with two attached hydrogens (primary N) is 1. The van der Waals surface area contributed by atoms with E-state index >= 15 is 0 Å². The molecule has 1 aliphatic rings. The van der Waals surface area contributed by atoms with Gasteiger partial charge in [-0.15, -0.1) is 0 Å². The lowest BCUT2D eigenvalue weighted by atomic mass is 9.89. The van der Waals surface area contributed by atoms with Crippen molar-refractivity contribution in [3.05, 3.63) is 18.5 Å². The predicted molar refractivity (Wildman–Crippen MR) is 80.4 cm³/mol. The molecule has 1 aromatic heterocycles. The molecule has 20 heavy (non-hydrogen) atoms. The van der Waals surface area contributed by atoms with Crippen LogP contribution < -0.4 is 10.5 Å². The van der Waals surface area contributed by atoms with Gasteiger partial charge in [0.05, 0.1) is 18.0 Å². The van der Waals surface area contributed by atoms with Gasteiger partial charge in [0.1, 0.15) is 5.75 Å². The predicted octanol–water partition coefficient (Wildman–Crippen LogP) is 2.33. The largest absolute Gasteiger partial charge is 0.488 e. The van der Waals surface area contributed by atoms with Crippen LogP contribution in [-0.2, 0) is 4.79 Å². The first-order valence-corrected chi connectivity index (χ1v) is 7.00. The van der Waals surface area contributed by atoms with Gasteiger partial charge in [-0.2, -0.15) is 0 Å². The van der Waals surface area contributed by atoms with Gasteiger partial charge >= 0.3 is 0 Å². The lowest BCUT2D eigenvalue weighted by Crippen LogP contribution is -2.23. The minimum absolute atomic E-state index is 0.339. The number of hydrogen-bond donors (Lipinski definition) is 1. The van der Waals surface area contributed by atoms with Crippen LogP contribution in [0.25, 0.3) is 0 Å². The first-order valence-electron chi connectivity index (χ1n) is 7.00. The molecule has 0 aliphatic heterocycles. The fourth-order valence-corrected chi connectivity index (χ4v) is 2.03. The topological polar surface area (TPSA) is 68.5 Å². The summed E-state index contributed by atoms with van der Waals surface area (Å²) in [6.45, 7) is 2.30. The lowest BCUT2D eigenvalue weighted by Gasteiger charge is -2.27. The van der Waals surface area contributed by atoms with E-state index in [1.165, 1.54) is 17.7 Å². The Hall–Kier alpha value is -1.78. The van der Waals surface area contributed by atoms with Crippen LogP contribution in [0, 0.1) is 5.92 Å². The Balaban J connectivity index is 0.000000347. The number of carbonyl (C=O) groups excluding carboxylic acids is 1. The summed E-state index contributed by atoms with van der Waals surface area (Å²) in [5, 5.41) is 0. The van der Waals surface area contributed by atoms with E-state index in [2.05, 4.69) is 11.9 Å². The average Bonchev–Trinajstić information content (AvgIpc) is 2.44. The number of rotatable bonds is 3. The van der Waals surface area contributed by atoms with Crippen molar-refractivity contribution < 1.29 is 9.53 Å². The Morgan fingerprint density at radius 2 is 1.95 bits per heavy atom. The van der Waals surface area contributed by atoms with Crippen molar-refractivity contribution in [2.75, 3.05) is 19.8 Å². The zero-order valence-corrected chi connectivity index (χ0v) is 12.6. The molecule has 1 aromatic rings. The number of hydrogen-bond acceptors (Lipinski definition) is 4. The summed E-state index contributed by atoms with van der Waals surface area (Å²) in [6.07, 6.45) is 9.25. The quantitative estimate of drug-likeness (QED) is 0.862. The van der Waals surface area contributed by atoms with Crippen molar-refractivity contribution in [3.63, 3.8) is 0 Å². The van der Waals surface area contributed by atoms with Crippen LogP contribution in [-0.4, -0.2) is 36.5 Å². The highest BCUT2D eigenvalue weighted by molar-refractivity contribution is 5.49. The third kappa shape index (κ3) is 5.91. The molecule has 0 atom stereocenters. The van der Waals surface area contributed by atoms with Crippen LogP contribution in [0.15, 0.2) is 18.5 Å². The number of anilines is 1. The SMILES string of the molecule is CC1CCC(Oc2ccncc2N)CC1.CN(C)C=O. The van der Waals surface area contributed by atoms with Gasteiger partial charge < -0.3 is 15.4 Å². The maximum atomic E-state index is 9.43. The van der Waals surface area contributed by atoms with Crippen LogP contribution in [0.2, 0.25) is 0 Å². The maximum Gasteiger partial charge on any atom is 0.209 e. The fourth-order valence-electron chi connectivity index (χ4n) is 2.03. The van der Waals surface area contributed by atoms with Crippen molar-refractivity contribution in [3.8, 4) is 5.75 Å². The number of nitrogen functional groups attached to an aromatic ring is 1. The molecule has 1 heterocycles. The molecular formula is C15H25N3O2. The van der Waals surface area contributed by atoms with Crippen molar-refractivity contribution >= 4 is 12.1 Å². The maximum absolute atomic E-state index is 9.43. The summed E-state index contributed by atoms with van der Waals surface area (Å²) in [5.41, 5.74) is 6.41. The van der Waals surface area contributed by atoms with Gasteiger partial charge in [-0.3, -0.25) is 9.78 Å². The fraction of sp³-hybridized carbons (Fsp3) is 0.600. The average molecular weight is 279 g/mol. The zero-order chi connectivity index (χ0) is 15.0. The van der Waals surface area contributed by atoms with E-state index in [9.17, 15) is 4.79 Å². The molecular weight excluding hydrogens is 254 g/mol. The third-order valence-electron chi connectivity index (χ3n) is 3.28. The van der Waals surface area contributed by atoms with Crippen LogP contribution >= 0.6 is 0 Å². The first kappa shape index (κ1) is 16.3. The molecule has 5 heteroatoms. The minimum atomic E-state index is 0.339. The standard InChI is InChI=1S/C12H18N2O.C3H7NO/c1-9-2-4-10(5-3-9)15-12-6-7-14-8-11(12)13;1-4(2)3-5/h6-10H,2-5,13H2,1H3;3H,1-2H3. The lowest BCUT2D eigenvalue weighted by molar-refractivity contribution is -0.115. The van der Waals surface area contributed by atoms with Gasteiger partial charge in [0, 0.05) is 26.4 Å². The Morgan fingerprint density at radius 1 is 1.35 bits per heavy atom. The molecule has 0 aromatic carbocycles. The Labute approximate surface area is 121 Å². The molecule has 112 valence electrons. The number of amides is 1. The van der Waals surface area contributed by atoms with E-state index < -0.39 is 0 Å². The molecule has 2 N–H and O–H groups in total. The number of aromatic nitrogens is 1. The normalized spacial score (nSPS) is 21.4. The molecule has 0 saturated heterocycles. The summed E-state index contributed by atoms with van der Waals surface area (Å²) in [4.78, 5) is 14.8. The number of ether oxygens (including phenoxy) is 1. The van der Waals surface area contributed by atoms with Crippen molar-refractivity contribution in [1.82, 2.24) is 9.88 Å². The van der Waals surface area contributed by atoms with E-state index in [0.717, 1.165) is 30.9 Å². The summed E-state index contributed by atoms with van der Waals surface area (Å²) in [5.74, 6) is 1.63. The number of nitrogens with zero attached hydrogens (tertiary/aromatic N) is 2. The molecule has 5 nitrogen and oxygen atoms in total. The van der Waals surface area contributed by atoms with Crippen molar-refractivity contribution in [2.24, 2.45) is 5.92 Å². The van der Waals surface area contributed by atoms with E-state index in [1.807, 2.05) is 6.07 Å². The third-order valence-corrected chi connectivity index (χ3v) is 3.28.